The second-order valence-electron chi connectivity index (χ2n) is 6.05. The molecule has 8 heteroatoms. The molecule has 0 unspecified atom stereocenters. The number of nitriles is 1. The van der Waals surface area contributed by atoms with Crippen molar-refractivity contribution in [3.63, 3.8) is 0 Å². The minimum atomic E-state index is -0.555. The Balaban J connectivity index is 2.41. The van der Waals surface area contributed by atoms with E-state index in [2.05, 4.69) is 31.2 Å². The summed E-state index contributed by atoms with van der Waals surface area (Å²) in [5.41, 5.74) is 0.835. The van der Waals surface area contributed by atoms with Gasteiger partial charge in [-0.15, -0.1) is 10.2 Å². The first-order chi connectivity index (χ1) is 11.3. The fourth-order valence-corrected chi connectivity index (χ4v) is 2.01. The van der Waals surface area contributed by atoms with Crippen molar-refractivity contribution in [2.24, 2.45) is 10.2 Å². The maximum absolute atomic E-state index is 11.5. The Bertz CT molecular complexity index is 840. The van der Waals surface area contributed by atoms with Crippen LogP contribution in [0.1, 0.15) is 42.4 Å². The molecule has 0 saturated heterocycles. The summed E-state index contributed by atoms with van der Waals surface area (Å²) in [5.74, 6) is -0.522. The van der Waals surface area contributed by atoms with Crippen LogP contribution in [0.3, 0.4) is 0 Å². The highest BCUT2D eigenvalue weighted by Gasteiger charge is 2.24. The summed E-state index contributed by atoms with van der Waals surface area (Å²) in [4.78, 5) is 11.5. The fourth-order valence-electron chi connectivity index (χ4n) is 2.01. The number of aromatic amines is 1. The van der Waals surface area contributed by atoms with E-state index in [0.717, 1.165) is 0 Å². The Labute approximate surface area is 138 Å². The van der Waals surface area contributed by atoms with E-state index in [1.165, 1.54) is 25.3 Å². The second kappa shape index (κ2) is 6.50. The smallest absolute Gasteiger partial charge is 0.337 e. The van der Waals surface area contributed by atoms with Gasteiger partial charge in [0, 0.05) is 5.41 Å². The molecule has 2 N–H and O–H groups in total. The lowest BCUT2D eigenvalue weighted by Crippen LogP contribution is -2.13. The molecule has 0 radical (unpaired) electrons. The molecule has 0 fully saturated rings. The maximum Gasteiger partial charge on any atom is 0.337 e. The molecule has 0 bridgehead atoms. The molecule has 0 saturated carbocycles. The van der Waals surface area contributed by atoms with Crippen molar-refractivity contribution >= 4 is 17.5 Å². The monoisotopic (exact) mass is 327 g/mol. The zero-order chi connectivity index (χ0) is 17.9. The van der Waals surface area contributed by atoms with E-state index in [1.807, 2.05) is 20.8 Å². The highest BCUT2D eigenvalue weighted by Crippen LogP contribution is 2.32. The van der Waals surface area contributed by atoms with Crippen molar-refractivity contribution in [1.29, 1.82) is 5.26 Å². The van der Waals surface area contributed by atoms with E-state index in [0.29, 0.717) is 5.69 Å². The molecule has 0 atom stereocenters. The van der Waals surface area contributed by atoms with Crippen molar-refractivity contribution in [1.82, 2.24) is 10.2 Å². The Morgan fingerprint density at radius 2 is 2.08 bits per heavy atom. The first-order valence-electron chi connectivity index (χ1n) is 7.10. The number of esters is 1. The molecule has 1 heterocycles. The Morgan fingerprint density at radius 1 is 1.38 bits per heavy atom. The number of phenolic OH excluding ortho intramolecular Hbond substituents is 1. The summed E-state index contributed by atoms with van der Waals surface area (Å²) in [7, 11) is 1.26. The number of hydrogen-bond acceptors (Lipinski definition) is 7. The van der Waals surface area contributed by atoms with Gasteiger partial charge in [-0.2, -0.15) is 10.4 Å². The molecule has 124 valence electrons. The Hall–Kier alpha value is -3.21. The van der Waals surface area contributed by atoms with Crippen LogP contribution in [0.15, 0.2) is 28.4 Å². The molecule has 0 aliphatic rings. The summed E-state index contributed by atoms with van der Waals surface area (Å²) in [6, 6.07) is 6.13. The summed E-state index contributed by atoms with van der Waals surface area (Å²) in [5, 5.41) is 33.8. The number of phenols is 1. The molecule has 1 aromatic carbocycles. The number of aromatic nitrogens is 2. The molecule has 1 aromatic heterocycles. The number of ether oxygens (including phenoxy) is 1. The zero-order valence-corrected chi connectivity index (χ0v) is 13.8. The third-order valence-corrected chi connectivity index (χ3v) is 3.22. The average Bonchev–Trinajstić information content (AvgIpc) is 2.96. The van der Waals surface area contributed by atoms with E-state index in [1.54, 1.807) is 0 Å². The number of aromatic hydroxyl groups is 1. The largest absolute Gasteiger partial charge is 0.506 e. The number of nitrogens with one attached hydrogen (secondary N) is 1. The zero-order valence-electron chi connectivity index (χ0n) is 13.8. The predicted molar refractivity (Wildman–Crippen MR) is 85.6 cm³/mol. The third-order valence-electron chi connectivity index (χ3n) is 3.22. The van der Waals surface area contributed by atoms with Gasteiger partial charge in [0.25, 0.3) is 0 Å². The van der Waals surface area contributed by atoms with E-state index in [9.17, 15) is 15.2 Å². The summed E-state index contributed by atoms with van der Waals surface area (Å²) in [6.07, 6.45) is 0. The molecular weight excluding hydrogens is 310 g/mol. The predicted octanol–water partition coefficient (Wildman–Crippen LogP) is 3.49. The van der Waals surface area contributed by atoms with Gasteiger partial charge in [-0.05, 0) is 18.2 Å². The quantitative estimate of drug-likeness (QED) is 0.659. The molecule has 0 aliphatic carbocycles. The Morgan fingerprint density at radius 3 is 2.67 bits per heavy atom. The SMILES string of the molecule is COC(=O)c1ccc(O)c(/N=N/c2[nH]nc(C(C)(C)C)c2C#N)c1. The van der Waals surface area contributed by atoms with Gasteiger partial charge in [-0.1, -0.05) is 20.8 Å². The molecule has 0 aliphatic heterocycles. The van der Waals surface area contributed by atoms with Crippen LogP contribution in [0.25, 0.3) is 0 Å². The van der Waals surface area contributed by atoms with E-state index in [4.69, 9.17) is 0 Å². The second-order valence-corrected chi connectivity index (χ2v) is 6.05. The van der Waals surface area contributed by atoms with Crippen molar-refractivity contribution in [3.8, 4) is 11.8 Å². The molecule has 2 aromatic rings. The first-order valence-corrected chi connectivity index (χ1v) is 7.10. The van der Waals surface area contributed by atoms with Crippen LogP contribution in [0, 0.1) is 11.3 Å². The molecule has 0 spiro atoms. The number of nitrogens with zero attached hydrogens (tertiary/aromatic N) is 4. The van der Waals surface area contributed by atoms with Crippen LogP contribution in [0.5, 0.6) is 5.75 Å². The lowest BCUT2D eigenvalue weighted by molar-refractivity contribution is 0.0601. The molecule has 24 heavy (non-hydrogen) atoms. The van der Waals surface area contributed by atoms with Gasteiger partial charge in [0.05, 0.1) is 18.4 Å². The normalized spacial score (nSPS) is 11.5. The minimum absolute atomic E-state index is 0.0775. The van der Waals surface area contributed by atoms with Crippen molar-refractivity contribution in [2.75, 3.05) is 7.11 Å². The number of hydrogen-bond donors (Lipinski definition) is 2. The number of rotatable bonds is 3. The van der Waals surface area contributed by atoms with Crippen LogP contribution in [0.4, 0.5) is 11.5 Å². The summed E-state index contributed by atoms with van der Waals surface area (Å²) in [6.45, 7) is 5.78. The minimum Gasteiger partial charge on any atom is -0.506 e. The van der Waals surface area contributed by atoms with E-state index in [-0.39, 0.29) is 33.8 Å². The number of azo groups is 1. The highest BCUT2D eigenvalue weighted by atomic mass is 16.5. The summed E-state index contributed by atoms with van der Waals surface area (Å²) < 4.78 is 4.62. The van der Waals surface area contributed by atoms with Gasteiger partial charge < -0.3 is 9.84 Å². The van der Waals surface area contributed by atoms with E-state index < -0.39 is 5.97 Å². The average molecular weight is 327 g/mol. The van der Waals surface area contributed by atoms with Crippen molar-refractivity contribution in [2.45, 2.75) is 26.2 Å². The first kappa shape index (κ1) is 17.1. The summed E-state index contributed by atoms with van der Waals surface area (Å²) >= 11 is 0. The Kier molecular flexibility index (Phi) is 4.64. The number of carbonyl (C=O) groups is 1. The van der Waals surface area contributed by atoms with Crippen molar-refractivity contribution in [3.05, 3.63) is 35.0 Å². The van der Waals surface area contributed by atoms with Crippen LogP contribution >= 0.6 is 0 Å². The van der Waals surface area contributed by atoms with Gasteiger partial charge >= 0.3 is 5.97 Å². The molecule has 2 rings (SSSR count). The van der Waals surface area contributed by atoms with Gasteiger partial charge in [0.15, 0.2) is 5.82 Å². The maximum atomic E-state index is 11.5. The number of H-pyrrole nitrogens is 1. The topological polar surface area (TPSA) is 124 Å². The number of carbonyl (C=O) groups excluding carboxylic acids is 1. The lowest BCUT2D eigenvalue weighted by Gasteiger charge is -2.14. The van der Waals surface area contributed by atoms with Gasteiger partial charge in [0.2, 0.25) is 0 Å². The van der Waals surface area contributed by atoms with E-state index >= 15 is 0 Å². The molecule has 8 nitrogen and oxygen atoms in total. The number of benzene rings is 1. The third kappa shape index (κ3) is 3.41. The standard InChI is InChI=1S/C16H17N5O3/c1-16(2,3)13-10(8-17)14(21-19-13)20-18-11-7-9(15(23)24-4)5-6-12(11)22/h5-7,22H,1-4H3,(H,19,21)/b20-18+. The fraction of sp³-hybridized carbons (Fsp3) is 0.312. The van der Waals surface area contributed by atoms with Crippen molar-refractivity contribution < 1.29 is 14.6 Å². The van der Waals surface area contributed by atoms with Gasteiger partial charge in [0.1, 0.15) is 23.1 Å². The van der Waals surface area contributed by atoms with Crippen LogP contribution in [0.2, 0.25) is 0 Å². The lowest BCUT2D eigenvalue weighted by atomic mass is 9.90. The van der Waals surface area contributed by atoms with Gasteiger partial charge in [-0.3, -0.25) is 5.10 Å². The van der Waals surface area contributed by atoms with Crippen LogP contribution in [-0.4, -0.2) is 28.4 Å². The highest BCUT2D eigenvalue weighted by molar-refractivity contribution is 5.90. The van der Waals surface area contributed by atoms with Crippen LogP contribution < -0.4 is 0 Å². The van der Waals surface area contributed by atoms with Gasteiger partial charge in [-0.25, -0.2) is 4.79 Å². The molecule has 0 amide bonds. The number of methoxy groups -OCH3 is 1. The molecular formula is C16H17N5O3. The van der Waals surface area contributed by atoms with Crippen LogP contribution in [-0.2, 0) is 10.2 Å².